The van der Waals surface area contributed by atoms with Crippen molar-refractivity contribution < 1.29 is 9.53 Å². The first-order chi connectivity index (χ1) is 9.69. The van der Waals surface area contributed by atoms with Crippen molar-refractivity contribution in [3.63, 3.8) is 0 Å². The van der Waals surface area contributed by atoms with E-state index in [4.69, 9.17) is 4.74 Å². The molecule has 0 amide bonds. The maximum absolute atomic E-state index is 11.2. The van der Waals surface area contributed by atoms with Gasteiger partial charge in [0, 0.05) is 12.5 Å². The highest BCUT2D eigenvalue weighted by Crippen LogP contribution is 2.28. The van der Waals surface area contributed by atoms with Gasteiger partial charge in [-0.05, 0) is 56.5 Å². The molecular formula is C17H23NO2. The van der Waals surface area contributed by atoms with Crippen LogP contribution in [0.1, 0.15) is 44.6 Å². The molecule has 108 valence electrons. The Balaban J connectivity index is 2.10. The van der Waals surface area contributed by atoms with E-state index in [9.17, 15) is 4.79 Å². The van der Waals surface area contributed by atoms with Crippen LogP contribution in [0.4, 0.5) is 0 Å². The molecule has 20 heavy (non-hydrogen) atoms. The van der Waals surface area contributed by atoms with Gasteiger partial charge in [-0.3, -0.25) is 4.79 Å². The Labute approximate surface area is 121 Å². The lowest BCUT2D eigenvalue weighted by molar-refractivity contribution is -0.112. The number of piperidine rings is 1. The second kappa shape index (κ2) is 7.25. The summed E-state index contributed by atoms with van der Waals surface area (Å²) in [6.07, 6.45) is 4.63. The number of ketones is 1. The highest BCUT2D eigenvalue weighted by Gasteiger charge is 2.15. The Morgan fingerprint density at radius 2 is 2.15 bits per heavy atom. The highest BCUT2D eigenvalue weighted by molar-refractivity contribution is 5.87. The van der Waals surface area contributed by atoms with Crippen molar-refractivity contribution in [3.05, 3.63) is 41.7 Å². The topological polar surface area (TPSA) is 38.3 Å². The molecule has 1 heterocycles. The van der Waals surface area contributed by atoms with Gasteiger partial charge >= 0.3 is 0 Å². The number of benzene rings is 1. The lowest BCUT2D eigenvalue weighted by Crippen LogP contribution is -2.26. The van der Waals surface area contributed by atoms with E-state index < -0.39 is 0 Å². The zero-order valence-corrected chi connectivity index (χ0v) is 12.3. The first-order valence-corrected chi connectivity index (χ1v) is 7.38. The molecule has 0 atom stereocenters. The molecule has 1 aliphatic heterocycles. The van der Waals surface area contributed by atoms with Crippen LogP contribution in [0.3, 0.4) is 0 Å². The number of allylic oxidation sites excluding steroid dienone is 2. The van der Waals surface area contributed by atoms with E-state index in [-0.39, 0.29) is 5.78 Å². The predicted molar refractivity (Wildman–Crippen MR) is 81.0 cm³/mol. The lowest BCUT2D eigenvalue weighted by atomic mass is 9.90. The Kier molecular flexibility index (Phi) is 5.36. The van der Waals surface area contributed by atoms with Crippen molar-refractivity contribution in [1.82, 2.24) is 5.32 Å². The van der Waals surface area contributed by atoms with Gasteiger partial charge < -0.3 is 10.1 Å². The molecule has 0 radical (unpaired) electrons. The lowest BCUT2D eigenvalue weighted by Gasteiger charge is -2.23. The van der Waals surface area contributed by atoms with E-state index >= 15 is 0 Å². The largest absolute Gasteiger partial charge is 0.462 e. The van der Waals surface area contributed by atoms with Crippen molar-refractivity contribution in [1.29, 1.82) is 0 Å². The summed E-state index contributed by atoms with van der Waals surface area (Å²) < 4.78 is 5.83. The molecule has 0 saturated carbocycles. The number of rotatable bonds is 5. The minimum Gasteiger partial charge on any atom is -0.462 e. The normalized spacial score (nSPS) is 17.0. The fourth-order valence-electron chi connectivity index (χ4n) is 2.57. The molecule has 1 aromatic carbocycles. The fourth-order valence-corrected chi connectivity index (χ4v) is 2.57. The van der Waals surface area contributed by atoms with Crippen molar-refractivity contribution in [3.8, 4) is 5.75 Å². The van der Waals surface area contributed by atoms with Crippen molar-refractivity contribution in [2.24, 2.45) is 0 Å². The third-order valence-corrected chi connectivity index (χ3v) is 3.63. The number of hydrogen-bond acceptors (Lipinski definition) is 3. The van der Waals surface area contributed by atoms with Gasteiger partial charge in [-0.1, -0.05) is 19.1 Å². The standard InChI is InChI=1S/C17H23NO2/c1-3-16(11-13(2)19)20-17-6-4-5-15(12-17)14-7-9-18-10-8-14/h4-6,11-12,14,18H,3,7-10H2,1-2H3/b16-11+. The fraction of sp³-hybridized carbons (Fsp3) is 0.471. The summed E-state index contributed by atoms with van der Waals surface area (Å²) in [6, 6.07) is 8.27. The third-order valence-electron chi connectivity index (χ3n) is 3.63. The molecule has 1 aromatic rings. The van der Waals surface area contributed by atoms with Crippen LogP contribution >= 0.6 is 0 Å². The summed E-state index contributed by atoms with van der Waals surface area (Å²) in [5.74, 6) is 2.19. The predicted octanol–water partition coefficient (Wildman–Crippen LogP) is 3.42. The highest BCUT2D eigenvalue weighted by atomic mass is 16.5. The van der Waals surface area contributed by atoms with Gasteiger partial charge in [0.25, 0.3) is 0 Å². The van der Waals surface area contributed by atoms with Gasteiger partial charge in [0.1, 0.15) is 11.5 Å². The molecular weight excluding hydrogens is 250 g/mol. The SMILES string of the molecule is CC/C(=C\C(C)=O)Oc1cccc(C2CCNCC2)c1. The number of hydrogen-bond donors (Lipinski definition) is 1. The van der Waals surface area contributed by atoms with Crippen LogP contribution in [-0.2, 0) is 4.79 Å². The quantitative estimate of drug-likeness (QED) is 0.660. The Morgan fingerprint density at radius 1 is 1.40 bits per heavy atom. The summed E-state index contributed by atoms with van der Waals surface area (Å²) >= 11 is 0. The Bertz CT molecular complexity index is 488. The molecule has 0 aromatic heterocycles. The van der Waals surface area contributed by atoms with E-state index in [0.717, 1.165) is 31.0 Å². The number of carbonyl (C=O) groups excluding carboxylic acids is 1. The third kappa shape index (κ3) is 4.20. The first-order valence-electron chi connectivity index (χ1n) is 7.38. The van der Waals surface area contributed by atoms with Crippen LogP contribution in [0.25, 0.3) is 0 Å². The maximum atomic E-state index is 11.2. The van der Waals surface area contributed by atoms with Gasteiger partial charge in [0.05, 0.1) is 0 Å². The molecule has 2 rings (SSSR count). The van der Waals surface area contributed by atoms with Crippen LogP contribution in [0.15, 0.2) is 36.1 Å². The molecule has 0 bridgehead atoms. The van der Waals surface area contributed by atoms with E-state index in [1.807, 2.05) is 19.1 Å². The van der Waals surface area contributed by atoms with Crippen molar-refractivity contribution in [2.75, 3.05) is 13.1 Å². The summed E-state index contributed by atoms with van der Waals surface area (Å²) in [5.41, 5.74) is 1.34. The van der Waals surface area contributed by atoms with Crippen LogP contribution in [0, 0.1) is 0 Å². The molecule has 3 heteroatoms. The molecule has 0 aliphatic carbocycles. The number of carbonyl (C=O) groups is 1. The van der Waals surface area contributed by atoms with E-state index in [1.54, 1.807) is 13.0 Å². The van der Waals surface area contributed by atoms with Crippen molar-refractivity contribution in [2.45, 2.75) is 39.0 Å². The van der Waals surface area contributed by atoms with Crippen LogP contribution < -0.4 is 10.1 Å². The summed E-state index contributed by atoms with van der Waals surface area (Å²) in [5, 5.41) is 3.38. The molecule has 1 saturated heterocycles. The van der Waals surface area contributed by atoms with Gasteiger partial charge in [0.15, 0.2) is 5.78 Å². The van der Waals surface area contributed by atoms with E-state index in [1.165, 1.54) is 18.4 Å². The van der Waals surface area contributed by atoms with E-state index in [0.29, 0.717) is 5.92 Å². The smallest absolute Gasteiger partial charge is 0.155 e. The van der Waals surface area contributed by atoms with E-state index in [2.05, 4.69) is 17.4 Å². The zero-order valence-electron chi connectivity index (χ0n) is 12.3. The monoisotopic (exact) mass is 273 g/mol. The van der Waals surface area contributed by atoms with Crippen LogP contribution in [0.5, 0.6) is 5.75 Å². The van der Waals surface area contributed by atoms with Gasteiger partial charge in [0.2, 0.25) is 0 Å². The average Bonchev–Trinajstić information content (AvgIpc) is 2.47. The summed E-state index contributed by atoms with van der Waals surface area (Å²) in [6.45, 7) is 5.70. The minimum absolute atomic E-state index is 0.0244. The summed E-state index contributed by atoms with van der Waals surface area (Å²) in [7, 11) is 0. The Morgan fingerprint density at radius 3 is 2.80 bits per heavy atom. The molecule has 0 unspecified atom stereocenters. The number of ether oxygens (including phenoxy) is 1. The van der Waals surface area contributed by atoms with Crippen molar-refractivity contribution >= 4 is 5.78 Å². The average molecular weight is 273 g/mol. The molecule has 1 N–H and O–H groups in total. The first kappa shape index (κ1) is 14.8. The second-order valence-electron chi connectivity index (χ2n) is 5.27. The Hall–Kier alpha value is -1.61. The molecule has 1 aliphatic rings. The van der Waals surface area contributed by atoms with Gasteiger partial charge in [-0.15, -0.1) is 0 Å². The summed E-state index contributed by atoms with van der Waals surface area (Å²) in [4.78, 5) is 11.2. The second-order valence-corrected chi connectivity index (χ2v) is 5.27. The number of nitrogens with one attached hydrogen (secondary N) is 1. The van der Waals surface area contributed by atoms with Gasteiger partial charge in [-0.25, -0.2) is 0 Å². The van der Waals surface area contributed by atoms with Gasteiger partial charge in [-0.2, -0.15) is 0 Å². The molecule has 0 spiro atoms. The van der Waals surface area contributed by atoms with Crippen LogP contribution in [0.2, 0.25) is 0 Å². The molecule has 1 fully saturated rings. The molecule has 3 nitrogen and oxygen atoms in total. The maximum Gasteiger partial charge on any atom is 0.155 e. The zero-order chi connectivity index (χ0) is 14.4. The minimum atomic E-state index is 0.0244. The van der Waals surface area contributed by atoms with Crippen LogP contribution in [-0.4, -0.2) is 18.9 Å².